The van der Waals surface area contributed by atoms with E-state index in [-0.39, 0.29) is 0 Å². The lowest BCUT2D eigenvalue weighted by Crippen LogP contribution is -1.58. The first-order valence-corrected chi connectivity index (χ1v) is 2.64. The number of hydrogen-bond donors (Lipinski definition) is 0. The Bertz CT molecular complexity index is 55.7. The van der Waals surface area contributed by atoms with E-state index < -0.39 is 0 Å². The van der Waals surface area contributed by atoms with Gasteiger partial charge in [0.25, 0.3) is 0 Å². The van der Waals surface area contributed by atoms with E-state index in [0.29, 0.717) is 0 Å². The van der Waals surface area contributed by atoms with Crippen LogP contribution in [0.3, 0.4) is 0 Å². The van der Waals surface area contributed by atoms with Crippen molar-refractivity contribution in [2.24, 2.45) is 11.8 Å². The van der Waals surface area contributed by atoms with Crippen molar-refractivity contribution in [3.63, 3.8) is 0 Å². The lowest BCUT2D eigenvalue weighted by Gasteiger charge is -1.66. The van der Waals surface area contributed by atoms with Crippen LogP contribution in [0.25, 0.3) is 0 Å². The van der Waals surface area contributed by atoms with Crippen molar-refractivity contribution >= 4 is 0 Å². The van der Waals surface area contributed by atoms with Gasteiger partial charge in [0.2, 0.25) is 0 Å². The summed E-state index contributed by atoms with van der Waals surface area (Å²) >= 11 is 0. The maximum Gasteiger partial charge on any atom is -0.0414 e. The van der Waals surface area contributed by atoms with Gasteiger partial charge in [-0.25, -0.2) is 0 Å². The van der Waals surface area contributed by atoms with E-state index in [9.17, 15) is 0 Å². The van der Waals surface area contributed by atoms with E-state index in [1.165, 1.54) is 6.42 Å². The molecular weight excluding hydrogens is 84.1 g/mol. The molecule has 1 saturated carbocycles. The molecule has 1 aliphatic rings. The molecule has 0 bridgehead atoms. The highest BCUT2D eigenvalue weighted by Gasteiger charge is 2.26. The van der Waals surface area contributed by atoms with Gasteiger partial charge in [0, 0.05) is 0 Å². The van der Waals surface area contributed by atoms with Crippen LogP contribution in [-0.2, 0) is 0 Å². The van der Waals surface area contributed by atoms with Gasteiger partial charge in [0.1, 0.15) is 0 Å². The molecule has 0 amide bonds. The minimum atomic E-state index is 1.05. The fourth-order valence-electron chi connectivity index (χ4n) is 0.508. The Hall–Kier alpha value is -0.440. The van der Waals surface area contributed by atoms with Crippen molar-refractivity contribution in [1.82, 2.24) is 0 Å². The molecule has 0 saturated heterocycles. The van der Waals surface area contributed by atoms with E-state index >= 15 is 0 Å². The number of rotatable bonds is 0. The quantitative estimate of drug-likeness (QED) is 0.404. The monoisotopic (exact) mass is 96.1 g/mol. The third-order valence-corrected chi connectivity index (χ3v) is 1.51. The second-order valence-electron chi connectivity index (χ2n) is 2.19. The average molecular weight is 96.2 g/mol. The molecule has 0 aromatic carbocycles. The Morgan fingerprint density at radius 1 is 1.14 bits per heavy atom. The summed E-state index contributed by atoms with van der Waals surface area (Å²) < 4.78 is 0. The first-order chi connectivity index (χ1) is 3.30. The first kappa shape index (κ1) is 6.56. The summed E-state index contributed by atoms with van der Waals surface area (Å²) in [5.74, 6) is 2.10. The minimum absolute atomic E-state index is 1.05. The molecule has 1 fully saturated rings. The van der Waals surface area contributed by atoms with Crippen molar-refractivity contribution < 1.29 is 0 Å². The molecule has 0 radical (unpaired) electrons. The molecule has 0 heterocycles. The van der Waals surface area contributed by atoms with Gasteiger partial charge < -0.3 is 0 Å². The fourth-order valence-corrected chi connectivity index (χ4v) is 0.508. The van der Waals surface area contributed by atoms with Gasteiger partial charge in [-0.3, -0.25) is 0 Å². The minimum Gasteiger partial charge on any atom is -0.124 e. The van der Waals surface area contributed by atoms with Gasteiger partial charge in [-0.15, -0.1) is 12.8 Å². The Morgan fingerprint density at radius 3 is 1.29 bits per heavy atom. The van der Waals surface area contributed by atoms with E-state index in [0.717, 1.165) is 11.8 Å². The first-order valence-electron chi connectivity index (χ1n) is 2.64. The smallest absolute Gasteiger partial charge is 0.0414 e. The zero-order valence-electron chi connectivity index (χ0n) is 5.02. The maximum atomic E-state index is 4.00. The lowest BCUT2D eigenvalue weighted by atomic mass is 10.4. The van der Waals surface area contributed by atoms with Crippen LogP contribution in [0.2, 0.25) is 0 Å². The molecule has 0 N–H and O–H groups in total. The van der Waals surface area contributed by atoms with Gasteiger partial charge in [-0.05, 0) is 18.3 Å². The topological polar surface area (TPSA) is 0 Å². The summed E-state index contributed by atoms with van der Waals surface area (Å²) in [7, 11) is 0. The van der Waals surface area contributed by atoms with Crippen molar-refractivity contribution in [3.8, 4) is 12.8 Å². The van der Waals surface area contributed by atoms with Crippen LogP contribution in [0.15, 0.2) is 0 Å². The highest BCUT2D eigenvalue weighted by Crippen LogP contribution is 2.36. The highest BCUT2D eigenvalue weighted by molar-refractivity contribution is 4.76. The Balaban J connectivity index is 0.000000162. The second-order valence-corrected chi connectivity index (χ2v) is 2.19. The zero-order chi connectivity index (χ0) is 5.86. The van der Waals surface area contributed by atoms with Gasteiger partial charge in [0.15, 0.2) is 0 Å². The van der Waals surface area contributed by atoms with E-state index in [1.807, 2.05) is 0 Å². The Morgan fingerprint density at radius 2 is 1.29 bits per heavy atom. The van der Waals surface area contributed by atoms with Gasteiger partial charge in [0.05, 0.1) is 0 Å². The van der Waals surface area contributed by atoms with E-state index in [4.69, 9.17) is 0 Å². The molecule has 40 valence electrons. The fraction of sp³-hybridized carbons (Fsp3) is 0.714. The van der Waals surface area contributed by atoms with Crippen molar-refractivity contribution in [2.45, 2.75) is 20.3 Å². The molecule has 7 heavy (non-hydrogen) atoms. The number of hydrogen-bond acceptors (Lipinski definition) is 0. The van der Waals surface area contributed by atoms with Crippen molar-refractivity contribution in [2.75, 3.05) is 0 Å². The van der Waals surface area contributed by atoms with Crippen LogP contribution < -0.4 is 0 Å². The molecule has 2 atom stereocenters. The summed E-state index contributed by atoms with van der Waals surface area (Å²) in [5, 5.41) is 0. The second kappa shape index (κ2) is 2.69. The molecule has 0 nitrogen and oxygen atoms in total. The lowest BCUT2D eigenvalue weighted by molar-refractivity contribution is 0.834. The predicted octanol–water partition coefficient (Wildman–Crippen LogP) is 1.91. The van der Waals surface area contributed by atoms with Crippen LogP contribution in [-0.4, -0.2) is 0 Å². The van der Waals surface area contributed by atoms with E-state index in [2.05, 4.69) is 26.7 Å². The molecule has 1 rings (SSSR count). The SMILES string of the molecule is C#C.CC1CC1C. The summed E-state index contributed by atoms with van der Waals surface area (Å²) in [4.78, 5) is 0. The summed E-state index contributed by atoms with van der Waals surface area (Å²) in [5.41, 5.74) is 0. The normalized spacial score (nSPS) is 35.4. The standard InChI is InChI=1S/C5H10.C2H2/c1-4-3-5(4)2;1-2/h4-5H,3H2,1-2H3;1-2H. The summed E-state index contributed by atoms with van der Waals surface area (Å²) in [6.45, 7) is 4.59. The van der Waals surface area contributed by atoms with Crippen molar-refractivity contribution in [3.05, 3.63) is 0 Å². The van der Waals surface area contributed by atoms with E-state index in [1.54, 1.807) is 0 Å². The molecule has 1 aliphatic carbocycles. The molecule has 2 unspecified atom stereocenters. The maximum absolute atomic E-state index is 4.00. The molecule has 0 aliphatic heterocycles. The zero-order valence-corrected chi connectivity index (χ0v) is 5.02. The van der Waals surface area contributed by atoms with Crippen molar-refractivity contribution in [1.29, 1.82) is 0 Å². The van der Waals surface area contributed by atoms with Crippen LogP contribution in [0, 0.1) is 24.7 Å². The molecular formula is C7H12. The van der Waals surface area contributed by atoms with Crippen LogP contribution in [0.1, 0.15) is 20.3 Å². The summed E-state index contributed by atoms with van der Waals surface area (Å²) in [6, 6.07) is 0. The molecule has 0 heteroatoms. The van der Waals surface area contributed by atoms with Gasteiger partial charge in [-0.1, -0.05) is 13.8 Å². The molecule has 0 aromatic rings. The predicted molar refractivity (Wildman–Crippen MR) is 32.8 cm³/mol. The third kappa shape index (κ3) is 2.28. The highest BCUT2D eigenvalue weighted by atomic mass is 14.3. The molecule has 0 spiro atoms. The van der Waals surface area contributed by atoms with Crippen LogP contribution >= 0.6 is 0 Å². The van der Waals surface area contributed by atoms with Crippen LogP contribution in [0.4, 0.5) is 0 Å². The Labute approximate surface area is 45.9 Å². The molecule has 0 aromatic heterocycles. The third-order valence-electron chi connectivity index (χ3n) is 1.51. The van der Waals surface area contributed by atoms with Crippen LogP contribution in [0.5, 0.6) is 0 Å². The van der Waals surface area contributed by atoms with Gasteiger partial charge >= 0.3 is 0 Å². The average Bonchev–Trinajstić information content (AvgIpc) is 2.27. The largest absolute Gasteiger partial charge is 0.124 e. The Kier molecular flexibility index (Phi) is 2.52. The summed E-state index contributed by atoms with van der Waals surface area (Å²) in [6.07, 6.45) is 9.47. The number of terminal acetylenes is 1. The van der Waals surface area contributed by atoms with Gasteiger partial charge in [-0.2, -0.15) is 0 Å².